The second kappa shape index (κ2) is 17.6. The Morgan fingerprint density at radius 1 is 0.941 bits per heavy atom. The quantitative estimate of drug-likeness (QED) is 0.0578. The molecule has 0 saturated carbocycles. The first-order valence-corrected chi connectivity index (χ1v) is 13.9. The molecule has 11 heteroatoms. The molecule has 0 saturated heterocycles. The van der Waals surface area contributed by atoms with Crippen molar-refractivity contribution in [3.8, 4) is 0 Å². The Labute approximate surface area is 204 Å². The minimum Gasteiger partial charge on any atom is -0.371 e. The summed E-state index contributed by atoms with van der Waals surface area (Å²) in [6.45, 7) is 2.41. The summed E-state index contributed by atoms with van der Waals surface area (Å²) in [6.07, 6.45) is 18.6. The lowest BCUT2D eigenvalue weighted by Gasteiger charge is -2.40. The summed E-state index contributed by atoms with van der Waals surface area (Å²) in [5, 5.41) is 29.5. The summed E-state index contributed by atoms with van der Waals surface area (Å²) in [5.41, 5.74) is 10.8. The van der Waals surface area contributed by atoms with Gasteiger partial charge in [-0.2, -0.15) is 0 Å². The van der Waals surface area contributed by atoms with Gasteiger partial charge in [-0.05, 0) is 39.0 Å². The molecule has 0 spiro atoms. The molecule has 34 heavy (non-hydrogen) atoms. The maximum atomic E-state index is 12.1. The fourth-order valence-corrected chi connectivity index (χ4v) is 4.42. The highest BCUT2D eigenvalue weighted by Gasteiger charge is 2.55. The standard InChI is InChI=1S/C23H47N2O8P/c1-3-4-5-6-7-8-9-10-11-12-13-14-15-16-17-18-21(26)32-34(30,31)33-23(29,20(25)19-24)22(2,27)28/h10-11,20,27-29H,3-9,12-19,24-25H2,1-2H3,(H,30,31)/b11-10-. The zero-order chi connectivity index (χ0) is 26.1. The van der Waals surface area contributed by atoms with Gasteiger partial charge in [0, 0.05) is 13.0 Å². The second-order valence-corrected chi connectivity index (χ2v) is 10.2. The fraction of sp³-hybridized carbons (Fsp3) is 0.870. The molecule has 0 radical (unpaired) electrons. The monoisotopic (exact) mass is 510 g/mol. The molecular weight excluding hydrogens is 463 g/mol. The zero-order valence-corrected chi connectivity index (χ0v) is 21.8. The third-order valence-electron chi connectivity index (χ3n) is 5.55. The molecule has 3 unspecified atom stereocenters. The lowest BCUT2D eigenvalue weighted by molar-refractivity contribution is -0.345. The lowest BCUT2D eigenvalue weighted by Crippen LogP contribution is -2.66. The summed E-state index contributed by atoms with van der Waals surface area (Å²) in [7, 11) is -5.19. The van der Waals surface area contributed by atoms with Gasteiger partial charge in [0.2, 0.25) is 11.6 Å². The zero-order valence-electron chi connectivity index (χ0n) is 20.9. The van der Waals surface area contributed by atoms with Crippen LogP contribution in [-0.4, -0.2) is 50.3 Å². The van der Waals surface area contributed by atoms with Crippen molar-refractivity contribution >= 4 is 13.8 Å². The number of carbonyl (C=O) groups is 1. The Hall–Kier alpha value is -0.840. The first-order chi connectivity index (χ1) is 15.9. The third kappa shape index (κ3) is 14.5. The number of hydrogen-bond donors (Lipinski definition) is 6. The van der Waals surface area contributed by atoms with E-state index in [-0.39, 0.29) is 6.42 Å². The topological polar surface area (TPSA) is 186 Å². The number of phosphoric ester groups is 1. The van der Waals surface area contributed by atoms with E-state index in [4.69, 9.17) is 11.5 Å². The number of hydrogen-bond acceptors (Lipinski definition) is 9. The van der Waals surface area contributed by atoms with E-state index in [2.05, 4.69) is 28.1 Å². The predicted octanol–water partition coefficient (Wildman–Crippen LogP) is 3.36. The van der Waals surface area contributed by atoms with Gasteiger partial charge in [-0.1, -0.05) is 70.4 Å². The molecule has 10 nitrogen and oxygen atoms in total. The Morgan fingerprint density at radius 2 is 1.41 bits per heavy atom. The van der Waals surface area contributed by atoms with Crippen LogP contribution in [-0.2, 0) is 18.4 Å². The van der Waals surface area contributed by atoms with Crippen molar-refractivity contribution in [3.63, 3.8) is 0 Å². The van der Waals surface area contributed by atoms with E-state index in [0.717, 1.165) is 38.5 Å². The van der Waals surface area contributed by atoms with Crippen LogP contribution in [0.15, 0.2) is 12.2 Å². The maximum Gasteiger partial charge on any atom is 0.532 e. The summed E-state index contributed by atoms with van der Waals surface area (Å²) in [4.78, 5) is 21.6. The van der Waals surface area contributed by atoms with E-state index in [1.807, 2.05) is 0 Å². The number of unbranched alkanes of at least 4 members (excludes halogenated alkanes) is 11. The first-order valence-electron chi connectivity index (χ1n) is 12.4. The minimum absolute atomic E-state index is 0.122. The van der Waals surface area contributed by atoms with E-state index >= 15 is 0 Å². The molecule has 8 N–H and O–H groups in total. The summed E-state index contributed by atoms with van der Waals surface area (Å²) in [6, 6.07) is -1.64. The molecular formula is C23H47N2O8P. The van der Waals surface area contributed by atoms with E-state index in [1.165, 1.54) is 38.5 Å². The Bertz CT molecular complexity index is 627. The van der Waals surface area contributed by atoms with E-state index in [1.54, 1.807) is 0 Å². The summed E-state index contributed by atoms with van der Waals surface area (Å²) >= 11 is 0. The molecule has 0 rings (SSSR count). The van der Waals surface area contributed by atoms with E-state index < -0.39 is 38.0 Å². The minimum atomic E-state index is -5.19. The number of rotatable bonds is 21. The van der Waals surface area contributed by atoms with Crippen molar-refractivity contribution in [2.45, 2.75) is 121 Å². The van der Waals surface area contributed by atoms with Crippen LogP contribution in [0, 0.1) is 0 Å². The van der Waals surface area contributed by atoms with Crippen LogP contribution < -0.4 is 11.5 Å². The van der Waals surface area contributed by atoms with Gasteiger partial charge in [-0.3, -0.25) is 9.69 Å². The highest BCUT2D eigenvalue weighted by atomic mass is 31.2. The Morgan fingerprint density at radius 3 is 1.88 bits per heavy atom. The summed E-state index contributed by atoms with van der Waals surface area (Å²) in [5.74, 6) is -7.18. The van der Waals surface area contributed by atoms with Crippen LogP contribution in [0.5, 0.6) is 0 Å². The normalized spacial score (nSPS) is 16.8. The molecule has 0 bridgehead atoms. The van der Waals surface area contributed by atoms with Gasteiger partial charge >= 0.3 is 13.8 Å². The highest BCUT2D eigenvalue weighted by molar-refractivity contribution is 7.48. The molecule has 0 fully saturated rings. The average Bonchev–Trinajstić information content (AvgIpc) is 2.74. The number of phosphoric acid groups is 1. The van der Waals surface area contributed by atoms with Crippen molar-refractivity contribution in [3.05, 3.63) is 12.2 Å². The molecule has 0 heterocycles. The van der Waals surface area contributed by atoms with Crippen molar-refractivity contribution in [2.24, 2.45) is 11.5 Å². The van der Waals surface area contributed by atoms with Crippen LogP contribution in [0.3, 0.4) is 0 Å². The Balaban J connectivity index is 4.02. The smallest absolute Gasteiger partial charge is 0.371 e. The van der Waals surface area contributed by atoms with Crippen LogP contribution in [0.2, 0.25) is 0 Å². The summed E-state index contributed by atoms with van der Waals surface area (Å²) < 4.78 is 20.9. The predicted molar refractivity (Wildman–Crippen MR) is 131 cm³/mol. The van der Waals surface area contributed by atoms with Gasteiger partial charge in [-0.25, -0.2) is 9.09 Å². The van der Waals surface area contributed by atoms with Gasteiger partial charge in [0.25, 0.3) is 0 Å². The maximum absolute atomic E-state index is 12.1. The van der Waals surface area contributed by atoms with E-state index in [0.29, 0.717) is 13.3 Å². The molecule has 0 aromatic rings. The van der Waals surface area contributed by atoms with Crippen LogP contribution in [0.25, 0.3) is 0 Å². The van der Waals surface area contributed by atoms with Gasteiger partial charge in [-0.15, -0.1) is 0 Å². The number of carbonyl (C=O) groups excluding carboxylic acids is 1. The third-order valence-corrected chi connectivity index (χ3v) is 6.49. The van der Waals surface area contributed by atoms with Crippen molar-refractivity contribution < 1.29 is 38.6 Å². The van der Waals surface area contributed by atoms with Crippen molar-refractivity contribution in [2.75, 3.05) is 6.54 Å². The molecule has 0 aliphatic rings. The number of aliphatic hydroxyl groups is 3. The SMILES string of the molecule is CCCCCCCC/C=C\CCCCCCCC(=O)OP(=O)(O)OC(O)(C(N)CN)C(C)(O)O. The van der Waals surface area contributed by atoms with Gasteiger partial charge < -0.3 is 31.3 Å². The molecule has 0 aromatic carbocycles. The van der Waals surface area contributed by atoms with Crippen LogP contribution >= 0.6 is 7.82 Å². The average molecular weight is 511 g/mol. The number of allylic oxidation sites excluding steroid dienone is 2. The van der Waals surface area contributed by atoms with Crippen molar-refractivity contribution in [1.29, 1.82) is 0 Å². The van der Waals surface area contributed by atoms with E-state index in [9.17, 15) is 29.6 Å². The van der Waals surface area contributed by atoms with Crippen LogP contribution in [0.1, 0.15) is 104 Å². The molecule has 0 amide bonds. The molecule has 0 aliphatic carbocycles. The highest BCUT2D eigenvalue weighted by Crippen LogP contribution is 2.49. The lowest BCUT2D eigenvalue weighted by atomic mass is 10.00. The Kier molecular flexibility index (Phi) is 17.1. The van der Waals surface area contributed by atoms with Crippen LogP contribution in [0.4, 0.5) is 0 Å². The number of nitrogens with two attached hydrogens (primary N) is 2. The molecule has 202 valence electrons. The fourth-order valence-electron chi connectivity index (χ4n) is 3.37. The van der Waals surface area contributed by atoms with Gasteiger partial charge in [0.1, 0.15) is 0 Å². The molecule has 0 aromatic heterocycles. The first kappa shape index (κ1) is 33.2. The largest absolute Gasteiger partial charge is 0.532 e. The second-order valence-electron chi connectivity index (χ2n) is 8.92. The molecule has 0 aliphatic heterocycles. The van der Waals surface area contributed by atoms with Gasteiger partial charge in [0.15, 0.2) is 0 Å². The van der Waals surface area contributed by atoms with Crippen molar-refractivity contribution in [1.82, 2.24) is 0 Å². The molecule has 3 atom stereocenters. The van der Waals surface area contributed by atoms with Gasteiger partial charge in [0.05, 0.1) is 6.04 Å².